The second kappa shape index (κ2) is 6.64. The fourth-order valence-corrected chi connectivity index (χ4v) is 2.64. The Morgan fingerprint density at radius 1 is 1.43 bits per heavy atom. The summed E-state index contributed by atoms with van der Waals surface area (Å²) < 4.78 is 10.3. The van der Waals surface area contributed by atoms with E-state index >= 15 is 0 Å². The van der Waals surface area contributed by atoms with Crippen molar-refractivity contribution in [2.45, 2.75) is 25.7 Å². The summed E-state index contributed by atoms with van der Waals surface area (Å²) in [4.78, 5) is 29.0. The van der Waals surface area contributed by atoms with Crippen molar-refractivity contribution in [2.24, 2.45) is 5.92 Å². The third-order valence-electron chi connectivity index (χ3n) is 3.89. The topological polar surface area (TPSA) is 110 Å². The van der Waals surface area contributed by atoms with Gasteiger partial charge in [-0.25, -0.2) is 0 Å². The van der Waals surface area contributed by atoms with E-state index in [1.54, 1.807) is 17.0 Å². The lowest BCUT2D eigenvalue weighted by Gasteiger charge is -2.30. The molecular formula is C15H17N3O5. The third-order valence-corrected chi connectivity index (χ3v) is 3.89. The van der Waals surface area contributed by atoms with E-state index in [2.05, 4.69) is 10.1 Å². The highest BCUT2D eigenvalue weighted by molar-refractivity contribution is 5.78. The smallest absolute Gasteiger partial charge is 0.308 e. The molecule has 1 aliphatic rings. The normalized spacial score (nSPS) is 18.1. The van der Waals surface area contributed by atoms with Crippen molar-refractivity contribution in [1.82, 2.24) is 15.0 Å². The predicted octanol–water partition coefficient (Wildman–Crippen LogP) is 1.59. The van der Waals surface area contributed by atoms with Gasteiger partial charge in [0.1, 0.15) is 0 Å². The first-order valence-electron chi connectivity index (χ1n) is 7.50. The standard InChI is InChI=1S/C15H17N3O5/c19-13(18-7-1-3-10(9-18)15(20)21)6-5-12-16-14(17-23-12)11-4-2-8-22-11/h2,4,8,10H,1,3,5-7,9H2,(H,20,21). The van der Waals surface area contributed by atoms with Gasteiger partial charge in [0.25, 0.3) is 0 Å². The van der Waals surface area contributed by atoms with Crippen LogP contribution in [0.3, 0.4) is 0 Å². The van der Waals surface area contributed by atoms with Crippen LogP contribution in [0, 0.1) is 5.92 Å². The van der Waals surface area contributed by atoms with Gasteiger partial charge < -0.3 is 18.9 Å². The van der Waals surface area contributed by atoms with Gasteiger partial charge >= 0.3 is 5.97 Å². The number of piperidine rings is 1. The van der Waals surface area contributed by atoms with E-state index in [9.17, 15) is 9.59 Å². The van der Waals surface area contributed by atoms with Gasteiger partial charge in [-0.05, 0) is 25.0 Å². The molecule has 1 N–H and O–H groups in total. The van der Waals surface area contributed by atoms with E-state index in [0.29, 0.717) is 43.3 Å². The zero-order valence-electron chi connectivity index (χ0n) is 12.5. The van der Waals surface area contributed by atoms with Crippen molar-refractivity contribution in [3.63, 3.8) is 0 Å². The third kappa shape index (κ3) is 3.58. The Kier molecular flexibility index (Phi) is 4.40. The minimum atomic E-state index is -0.845. The summed E-state index contributed by atoms with van der Waals surface area (Å²) in [6.45, 7) is 0.875. The Morgan fingerprint density at radius 2 is 2.30 bits per heavy atom. The van der Waals surface area contributed by atoms with Crippen LogP contribution >= 0.6 is 0 Å². The molecule has 0 aromatic carbocycles. The molecule has 0 bridgehead atoms. The van der Waals surface area contributed by atoms with Gasteiger partial charge in [0.2, 0.25) is 17.6 Å². The van der Waals surface area contributed by atoms with Crippen LogP contribution in [0.5, 0.6) is 0 Å². The van der Waals surface area contributed by atoms with Crippen LogP contribution in [0.4, 0.5) is 0 Å². The Morgan fingerprint density at radius 3 is 3.04 bits per heavy atom. The van der Waals surface area contributed by atoms with Gasteiger partial charge in [0.05, 0.1) is 12.2 Å². The second-order valence-electron chi connectivity index (χ2n) is 5.51. The van der Waals surface area contributed by atoms with E-state index in [0.717, 1.165) is 0 Å². The molecule has 2 aromatic rings. The number of nitrogens with zero attached hydrogens (tertiary/aromatic N) is 3. The molecule has 0 spiro atoms. The summed E-state index contributed by atoms with van der Waals surface area (Å²) >= 11 is 0. The van der Waals surface area contributed by atoms with Crippen LogP contribution in [0.25, 0.3) is 11.6 Å². The highest BCUT2D eigenvalue weighted by Gasteiger charge is 2.28. The molecule has 2 aromatic heterocycles. The summed E-state index contributed by atoms with van der Waals surface area (Å²) in [5, 5.41) is 12.9. The van der Waals surface area contributed by atoms with Crippen LogP contribution < -0.4 is 0 Å². The fourth-order valence-electron chi connectivity index (χ4n) is 2.64. The summed E-state index contributed by atoms with van der Waals surface area (Å²) in [6, 6.07) is 3.45. The Balaban J connectivity index is 1.54. The molecule has 8 heteroatoms. The molecule has 0 saturated carbocycles. The summed E-state index contributed by atoms with van der Waals surface area (Å²) in [7, 11) is 0. The minimum absolute atomic E-state index is 0.0892. The number of amides is 1. The average molecular weight is 319 g/mol. The van der Waals surface area contributed by atoms with E-state index in [1.807, 2.05) is 0 Å². The maximum absolute atomic E-state index is 12.2. The van der Waals surface area contributed by atoms with Crippen LogP contribution in [-0.2, 0) is 16.0 Å². The number of carboxylic acids is 1. The number of hydrogen-bond donors (Lipinski definition) is 1. The maximum Gasteiger partial charge on any atom is 0.308 e. The van der Waals surface area contributed by atoms with Gasteiger partial charge in [-0.3, -0.25) is 9.59 Å². The zero-order valence-corrected chi connectivity index (χ0v) is 12.5. The summed E-state index contributed by atoms with van der Waals surface area (Å²) in [5.74, 6) is -0.192. The van der Waals surface area contributed by atoms with Crippen molar-refractivity contribution >= 4 is 11.9 Å². The van der Waals surface area contributed by atoms with Crippen LogP contribution in [0.15, 0.2) is 27.3 Å². The molecular weight excluding hydrogens is 302 g/mol. The van der Waals surface area contributed by atoms with Crippen molar-refractivity contribution < 1.29 is 23.6 Å². The number of carbonyl (C=O) groups is 2. The van der Waals surface area contributed by atoms with Crippen molar-refractivity contribution in [3.8, 4) is 11.6 Å². The largest absolute Gasteiger partial charge is 0.481 e. The van der Waals surface area contributed by atoms with E-state index in [-0.39, 0.29) is 18.9 Å². The molecule has 1 amide bonds. The molecule has 1 atom stereocenters. The van der Waals surface area contributed by atoms with Gasteiger partial charge in [0.15, 0.2) is 5.76 Å². The number of carboxylic acid groups (broad SMARTS) is 1. The summed E-state index contributed by atoms with van der Waals surface area (Å²) in [6.07, 6.45) is 3.39. The van der Waals surface area contributed by atoms with Crippen LogP contribution in [0.2, 0.25) is 0 Å². The highest BCUT2D eigenvalue weighted by atomic mass is 16.5. The number of hydrogen-bond acceptors (Lipinski definition) is 6. The van der Waals surface area contributed by atoms with E-state index in [4.69, 9.17) is 14.0 Å². The SMILES string of the molecule is O=C(O)C1CCCN(C(=O)CCc2nc(-c3ccco3)no2)C1. The molecule has 3 heterocycles. The average Bonchev–Trinajstić information content (AvgIpc) is 3.23. The zero-order chi connectivity index (χ0) is 16.2. The fraction of sp³-hybridized carbons (Fsp3) is 0.467. The number of aliphatic carboxylic acids is 1. The van der Waals surface area contributed by atoms with Crippen LogP contribution in [-0.4, -0.2) is 45.1 Å². The monoisotopic (exact) mass is 319 g/mol. The number of aromatic nitrogens is 2. The highest BCUT2D eigenvalue weighted by Crippen LogP contribution is 2.19. The molecule has 1 aliphatic heterocycles. The Hall–Kier alpha value is -2.64. The molecule has 0 aliphatic carbocycles. The quantitative estimate of drug-likeness (QED) is 0.891. The maximum atomic E-state index is 12.2. The van der Waals surface area contributed by atoms with E-state index in [1.165, 1.54) is 6.26 Å². The lowest BCUT2D eigenvalue weighted by Crippen LogP contribution is -2.42. The van der Waals surface area contributed by atoms with E-state index < -0.39 is 11.9 Å². The second-order valence-corrected chi connectivity index (χ2v) is 5.51. The predicted molar refractivity (Wildman–Crippen MR) is 77.3 cm³/mol. The first kappa shape index (κ1) is 15.3. The Bertz CT molecular complexity index is 679. The molecule has 3 rings (SSSR count). The molecule has 1 saturated heterocycles. The molecule has 1 unspecified atom stereocenters. The summed E-state index contributed by atoms with van der Waals surface area (Å²) in [5.41, 5.74) is 0. The van der Waals surface area contributed by atoms with Gasteiger partial charge in [-0.1, -0.05) is 5.16 Å². The molecule has 8 nitrogen and oxygen atoms in total. The van der Waals surface area contributed by atoms with Crippen molar-refractivity contribution in [1.29, 1.82) is 0 Å². The van der Waals surface area contributed by atoms with Crippen molar-refractivity contribution in [2.75, 3.05) is 13.1 Å². The molecule has 1 fully saturated rings. The number of rotatable bonds is 5. The molecule has 23 heavy (non-hydrogen) atoms. The van der Waals surface area contributed by atoms with Gasteiger partial charge in [0, 0.05) is 25.9 Å². The van der Waals surface area contributed by atoms with Crippen molar-refractivity contribution in [3.05, 3.63) is 24.3 Å². The molecule has 0 radical (unpaired) electrons. The number of furan rings is 1. The van der Waals surface area contributed by atoms with Crippen LogP contribution in [0.1, 0.15) is 25.2 Å². The lowest BCUT2D eigenvalue weighted by atomic mass is 9.98. The number of likely N-dealkylation sites (tertiary alicyclic amines) is 1. The number of carbonyl (C=O) groups excluding carboxylic acids is 1. The van der Waals surface area contributed by atoms with Gasteiger partial charge in [-0.2, -0.15) is 4.98 Å². The first-order valence-corrected chi connectivity index (χ1v) is 7.50. The minimum Gasteiger partial charge on any atom is -0.481 e. The number of aryl methyl sites for hydroxylation is 1. The lowest BCUT2D eigenvalue weighted by molar-refractivity contribution is -0.145. The first-order chi connectivity index (χ1) is 11.1. The van der Waals surface area contributed by atoms with Gasteiger partial charge in [-0.15, -0.1) is 0 Å². The molecule has 122 valence electrons. The Labute approximate surface area is 132 Å².